The Hall–Kier alpha value is -3.91. The molecule has 0 fully saturated rings. The molecule has 3 aromatic rings. The number of methoxy groups -OCH3 is 1. The number of hydrazine groups is 1. The van der Waals surface area contributed by atoms with Crippen LogP contribution in [0.15, 0.2) is 66.7 Å². The molecule has 1 atom stereocenters. The van der Waals surface area contributed by atoms with E-state index >= 15 is 0 Å². The normalized spacial score (nSPS) is 14.9. The Kier molecular flexibility index (Phi) is 6.04. The SMILES string of the molecule is COc1ccc(OCC(=O)NN2C(=O)c3cc(Cl)ccc3NC2c2ccc(O)cc2)cc1. The number of rotatable bonds is 6. The van der Waals surface area contributed by atoms with Crippen LogP contribution in [-0.4, -0.2) is 35.6 Å². The highest BCUT2D eigenvalue weighted by Gasteiger charge is 2.34. The van der Waals surface area contributed by atoms with Crippen LogP contribution >= 0.6 is 11.6 Å². The summed E-state index contributed by atoms with van der Waals surface area (Å²) in [5, 5.41) is 14.4. The average molecular weight is 454 g/mol. The third-order valence-electron chi connectivity index (χ3n) is 4.86. The van der Waals surface area contributed by atoms with Crippen LogP contribution in [0.25, 0.3) is 0 Å². The van der Waals surface area contributed by atoms with Gasteiger partial charge in [0.15, 0.2) is 6.61 Å². The average Bonchev–Trinajstić information content (AvgIpc) is 2.81. The summed E-state index contributed by atoms with van der Waals surface area (Å²) in [4.78, 5) is 25.8. The summed E-state index contributed by atoms with van der Waals surface area (Å²) in [6.07, 6.45) is -0.707. The molecule has 1 unspecified atom stereocenters. The van der Waals surface area contributed by atoms with Gasteiger partial charge >= 0.3 is 0 Å². The largest absolute Gasteiger partial charge is 0.508 e. The van der Waals surface area contributed by atoms with Crippen LogP contribution in [0.2, 0.25) is 5.02 Å². The van der Waals surface area contributed by atoms with Crippen molar-refractivity contribution in [3.63, 3.8) is 0 Å². The Bertz CT molecular complexity index is 1140. The topological polar surface area (TPSA) is 100 Å². The van der Waals surface area contributed by atoms with Gasteiger partial charge in [0.1, 0.15) is 23.4 Å². The van der Waals surface area contributed by atoms with Gasteiger partial charge in [0.2, 0.25) is 0 Å². The molecule has 8 nitrogen and oxygen atoms in total. The molecule has 0 spiro atoms. The first kappa shape index (κ1) is 21.3. The zero-order chi connectivity index (χ0) is 22.7. The maximum absolute atomic E-state index is 13.2. The summed E-state index contributed by atoms with van der Waals surface area (Å²) in [6, 6.07) is 18.0. The van der Waals surface area contributed by atoms with Crippen molar-refractivity contribution in [2.45, 2.75) is 6.17 Å². The number of phenols is 1. The van der Waals surface area contributed by atoms with Crippen LogP contribution < -0.4 is 20.2 Å². The number of hydrogen-bond donors (Lipinski definition) is 3. The third kappa shape index (κ3) is 4.55. The quantitative estimate of drug-likeness (QED) is 0.526. The van der Waals surface area contributed by atoms with Crippen molar-refractivity contribution in [1.29, 1.82) is 0 Å². The molecule has 1 heterocycles. The number of carbonyl (C=O) groups excluding carboxylic acids is 2. The fourth-order valence-electron chi connectivity index (χ4n) is 3.27. The molecular weight excluding hydrogens is 434 g/mol. The molecule has 1 aliphatic rings. The number of ether oxygens (including phenoxy) is 2. The smallest absolute Gasteiger partial charge is 0.276 e. The number of nitrogens with zero attached hydrogens (tertiary/aromatic N) is 1. The molecule has 164 valence electrons. The van der Waals surface area contributed by atoms with Crippen LogP contribution in [-0.2, 0) is 4.79 Å². The summed E-state index contributed by atoms with van der Waals surface area (Å²) < 4.78 is 10.6. The van der Waals surface area contributed by atoms with Gasteiger partial charge in [-0.2, -0.15) is 0 Å². The minimum Gasteiger partial charge on any atom is -0.508 e. The third-order valence-corrected chi connectivity index (χ3v) is 5.10. The van der Waals surface area contributed by atoms with E-state index in [0.717, 1.165) is 0 Å². The van der Waals surface area contributed by atoms with Crippen molar-refractivity contribution in [3.8, 4) is 17.2 Å². The highest BCUT2D eigenvalue weighted by atomic mass is 35.5. The predicted octanol–water partition coefficient (Wildman–Crippen LogP) is 3.73. The summed E-state index contributed by atoms with van der Waals surface area (Å²) in [6.45, 7) is -0.305. The van der Waals surface area contributed by atoms with Gasteiger partial charge in [-0.3, -0.25) is 15.0 Å². The number of anilines is 1. The van der Waals surface area contributed by atoms with Crippen LogP contribution in [0.5, 0.6) is 17.2 Å². The molecule has 4 rings (SSSR count). The lowest BCUT2D eigenvalue weighted by Gasteiger charge is -2.37. The highest BCUT2D eigenvalue weighted by Crippen LogP contribution is 2.34. The second-order valence-electron chi connectivity index (χ2n) is 7.00. The lowest BCUT2D eigenvalue weighted by Crippen LogP contribution is -2.53. The molecule has 9 heteroatoms. The van der Waals surface area contributed by atoms with Gasteiger partial charge in [-0.05, 0) is 60.2 Å². The molecule has 1 aliphatic heterocycles. The maximum atomic E-state index is 13.2. The number of fused-ring (bicyclic) bond motifs is 1. The van der Waals surface area contributed by atoms with Crippen molar-refractivity contribution >= 4 is 29.1 Å². The number of phenolic OH excluding ortho intramolecular Hbond substituents is 1. The Morgan fingerprint density at radius 2 is 1.78 bits per heavy atom. The lowest BCUT2D eigenvalue weighted by molar-refractivity contribution is -0.127. The first-order valence-electron chi connectivity index (χ1n) is 9.69. The number of hydrogen-bond acceptors (Lipinski definition) is 6. The number of amides is 2. The number of halogens is 1. The van der Waals surface area contributed by atoms with Crippen molar-refractivity contribution in [3.05, 3.63) is 82.9 Å². The highest BCUT2D eigenvalue weighted by molar-refractivity contribution is 6.31. The Balaban J connectivity index is 1.54. The second-order valence-corrected chi connectivity index (χ2v) is 7.44. The van der Waals surface area contributed by atoms with Gasteiger partial charge in [0, 0.05) is 10.7 Å². The summed E-state index contributed by atoms with van der Waals surface area (Å²) in [7, 11) is 1.56. The monoisotopic (exact) mass is 453 g/mol. The molecule has 0 saturated carbocycles. The first-order chi connectivity index (χ1) is 15.4. The molecule has 32 heavy (non-hydrogen) atoms. The second kappa shape index (κ2) is 9.07. The predicted molar refractivity (Wildman–Crippen MR) is 119 cm³/mol. The summed E-state index contributed by atoms with van der Waals surface area (Å²) in [5.74, 6) is 0.283. The number of nitrogens with one attached hydrogen (secondary N) is 2. The van der Waals surface area contributed by atoms with E-state index in [1.165, 1.54) is 23.2 Å². The van der Waals surface area contributed by atoms with Crippen molar-refractivity contribution in [2.24, 2.45) is 0 Å². The van der Waals surface area contributed by atoms with Crippen LogP contribution in [0.3, 0.4) is 0 Å². The van der Waals surface area contributed by atoms with E-state index in [1.807, 2.05) is 0 Å². The van der Waals surface area contributed by atoms with E-state index in [2.05, 4.69) is 10.7 Å². The Morgan fingerprint density at radius 3 is 2.47 bits per heavy atom. The van der Waals surface area contributed by atoms with Crippen molar-refractivity contribution in [2.75, 3.05) is 19.0 Å². The maximum Gasteiger partial charge on any atom is 0.276 e. The molecule has 3 aromatic carbocycles. The van der Waals surface area contributed by atoms with Crippen molar-refractivity contribution in [1.82, 2.24) is 10.4 Å². The fraction of sp³-hybridized carbons (Fsp3) is 0.130. The molecule has 0 bridgehead atoms. The van der Waals surface area contributed by atoms with Gasteiger partial charge in [0.05, 0.1) is 12.7 Å². The van der Waals surface area contributed by atoms with Gasteiger partial charge < -0.3 is 19.9 Å². The minimum atomic E-state index is -0.707. The number of carbonyl (C=O) groups is 2. The standard InChI is InChI=1S/C23H20ClN3O5/c1-31-17-7-9-18(10-8-17)32-13-21(29)26-27-22(14-2-5-16(28)6-3-14)25-20-11-4-15(24)12-19(20)23(27)30/h2-12,22,25,28H,13H2,1H3,(H,26,29). The zero-order valence-electron chi connectivity index (χ0n) is 17.0. The molecule has 3 N–H and O–H groups in total. The van der Waals surface area contributed by atoms with Crippen LogP contribution in [0, 0.1) is 0 Å². The molecular formula is C23H20ClN3O5. The number of benzene rings is 3. The Labute approximate surface area is 189 Å². The van der Waals surface area contributed by atoms with Crippen LogP contribution in [0.1, 0.15) is 22.1 Å². The molecule has 0 saturated heterocycles. The first-order valence-corrected chi connectivity index (χ1v) is 10.1. The van der Waals surface area contributed by atoms with Gasteiger partial charge in [-0.25, -0.2) is 5.01 Å². The molecule has 0 aliphatic carbocycles. The zero-order valence-corrected chi connectivity index (χ0v) is 17.8. The van der Waals surface area contributed by atoms with E-state index in [4.69, 9.17) is 21.1 Å². The molecule has 0 aromatic heterocycles. The van der Waals surface area contributed by atoms with E-state index < -0.39 is 18.0 Å². The summed E-state index contributed by atoms with van der Waals surface area (Å²) >= 11 is 6.06. The molecule has 0 radical (unpaired) electrons. The van der Waals surface area contributed by atoms with Gasteiger partial charge in [-0.15, -0.1) is 0 Å². The minimum absolute atomic E-state index is 0.0894. The summed E-state index contributed by atoms with van der Waals surface area (Å²) in [5.41, 5.74) is 4.18. The van der Waals surface area contributed by atoms with E-state index in [-0.39, 0.29) is 12.4 Å². The van der Waals surface area contributed by atoms with Gasteiger partial charge in [-0.1, -0.05) is 23.7 Å². The van der Waals surface area contributed by atoms with Crippen LogP contribution in [0.4, 0.5) is 5.69 Å². The molecule has 2 amide bonds. The lowest BCUT2D eigenvalue weighted by atomic mass is 10.0. The van der Waals surface area contributed by atoms with Crippen molar-refractivity contribution < 1.29 is 24.2 Å². The number of aromatic hydroxyl groups is 1. The Morgan fingerprint density at radius 1 is 1.09 bits per heavy atom. The van der Waals surface area contributed by atoms with E-state index in [9.17, 15) is 14.7 Å². The van der Waals surface area contributed by atoms with E-state index in [0.29, 0.717) is 33.3 Å². The fourth-order valence-corrected chi connectivity index (χ4v) is 3.44. The van der Waals surface area contributed by atoms with Gasteiger partial charge in [0.25, 0.3) is 11.8 Å². The van der Waals surface area contributed by atoms with E-state index in [1.54, 1.807) is 55.6 Å².